The largest absolute Gasteiger partial charge is 0.316 e. The van der Waals surface area contributed by atoms with Gasteiger partial charge in [0.2, 0.25) is 0 Å². The molecule has 0 amide bonds. The molecule has 0 atom stereocenters. The standard InChI is InChI=1S/C8H16N2/c1-3-4-7-10-8-5-6-9(10)2/h5-6H,3-4,7-8H2,1-2H3. The predicted octanol–water partition coefficient (Wildman–Crippen LogP) is 1.46. The number of unbranched alkanes of at least 4 members (excludes halogenated alkanes) is 1. The second kappa shape index (κ2) is 3.62. The zero-order valence-corrected chi connectivity index (χ0v) is 6.88. The van der Waals surface area contributed by atoms with E-state index in [9.17, 15) is 0 Å². The van der Waals surface area contributed by atoms with Gasteiger partial charge in [0.15, 0.2) is 0 Å². The molecule has 2 heteroatoms. The minimum Gasteiger partial charge on any atom is -0.316 e. The minimum atomic E-state index is 1.09. The molecule has 0 unspecified atom stereocenters. The van der Waals surface area contributed by atoms with Gasteiger partial charge in [-0.1, -0.05) is 19.4 Å². The first-order valence-corrected chi connectivity index (χ1v) is 3.99. The molecule has 10 heavy (non-hydrogen) atoms. The van der Waals surface area contributed by atoms with Gasteiger partial charge in [0, 0.05) is 26.3 Å². The van der Waals surface area contributed by atoms with Crippen molar-refractivity contribution in [3.8, 4) is 0 Å². The summed E-state index contributed by atoms with van der Waals surface area (Å²) in [6.45, 7) is 4.51. The summed E-state index contributed by atoms with van der Waals surface area (Å²) in [6, 6.07) is 0. The molecular formula is C8H16N2. The van der Waals surface area contributed by atoms with Gasteiger partial charge < -0.3 is 5.01 Å². The first kappa shape index (κ1) is 7.61. The van der Waals surface area contributed by atoms with Gasteiger partial charge in [0.1, 0.15) is 0 Å². The number of hydrogen-bond acceptors (Lipinski definition) is 2. The molecule has 0 fully saturated rings. The molecule has 0 saturated carbocycles. The van der Waals surface area contributed by atoms with Crippen LogP contribution in [0.3, 0.4) is 0 Å². The molecule has 0 radical (unpaired) electrons. The summed E-state index contributed by atoms with van der Waals surface area (Å²) in [4.78, 5) is 0. The van der Waals surface area contributed by atoms with E-state index in [4.69, 9.17) is 0 Å². The van der Waals surface area contributed by atoms with Gasteiger partial charge in [-0.05, 0) is 6.42 Å². The molecule has 0 saturated heterocycles. The van der Waals surface area contributed by atoms with Gasteiger partial charge in [-0.3, -0.25) is 0 Å². The van der Waals surface area contributed by atoms with Gasteiger partial charge in [-0.15, -0.1) is 0 Å². The van der Waals surface area contributed by atoms with E-state index in [1.807, 2.05) is 0 Å². The predicted molar refractivity (Wildman–Crippen MR) is 43.4 cm³/mol. The number of hydrogen-bond donors (Lipinski definition) is 0. The minimum absolute atomic E-state index is 1.09. The second-order valence-electron chi connectivity index (χ2n) is 2.72. The van der Waals surface area contributed by atoms with E-state index >= 15 is 0 Å². The summed E-state index contributed by atoms with van der Waals surface area (Å²) in [7, 11) is 2.10. The molecule has 1 aliphatic rings. The fourth-order valence-electron chi connectivity index (χ4n) is 1.13. The van der Waals surface area contributed by atoms with Crippen LogP contribution in [-0.4, -0.2) is 30.2 Å². The maximum atomic E-state index is 2.34. The van der Waals surface area contributed by atoms with Crippen molar-refractivity contribution in [1.29, 1.82) is 0 Å². The number of hydrazine groups is 1. The van der Waals surface area contributed by atoms with Crippen molar-refractivity contribution in [2.45, 2.75) is 19.8 Å². The van der Waals surface area contributed by atoms with Crippen molar-refractivity contribution in [2.75, 3.05) is 20.1 Å². The molecule has 2 nitrogen and oxygen atoms in total. The highest BCUT2D eigenvalue weighted by atomic mass is 15.6. The van der Waals surface area contributed by atoms with Gasteiger partial charge in [-0.25, -0.2) is 5.01 Å². The molecule has 1 rings (SSSR count). The van der Waals surface area contributed by atoms with E-state index in [1.165, 1.54) is 19.4 Å². The monoisotopic (exact) mass is 140 g/mol. The molecule has 0 aromatic heterocycles. The zero-order valence-electron chi connectivity index (χ0n) is 6.88. The van der Waals surface area contributed by atoms with E-state index in [0.29, 0.717) is 0 Å². The highest BCUT2D eigenvalue weighted by Gasteiger charge is 2.09. The van der Waals surface area contributed by atoms with E-state index < -0.39 is 0 Å². The lowest BCUT2D eigenvalue weighted by Crippen LogP contribution is -2.32. The van der Waals surface area contributed by atoms with Crippen LogP contribution >= 0.6 is 0 Å². The quantitative estimate of drug-likeness (QED) is 0.585. The summed E-state index contributed by atoms with van der Waals surface area (Å²) in [5.74, 6) is 0. The Morgan fingerprint density at radius 3 is 2.80 bits per heavy atom. The van der Waals surface area contributed by atoms with Crippen molar-refractivity contribution in [3.63, 3.8) is 0 Å². The molecule has 1 heterocycles. The Hall–Kier alpha value is -0.500. The molecule has 0 spiro atoms. The Morgan fingerprint density at radius 1 is 1.50 bits per heavy atom. The van der Waals surface area contributed by atoms with Gasteiger partial charge in [-0.2, -0.15) is 0 Å². The molecule has 0 aliphatic carbocycles. The maximum absolute atomic E-state index is 2.34. The summed E-state index contributed by atoms with van der Waals surface area (Å²) in [6.07, 6.45) is 6.89. The van der Waals surface area contributed by atoms with Gasteiger partial charge >= 0.3 is 0 Å². The summed E-state index contributed by atoms with van der Waals surface area (Å²) >= 11 is 0. The zero-order chi connectivity index (χ0) is 7.40. The van der Waals surface area contributed by atoms with Crippen LogP contribution in [-0.2, 0) is 0 Å². The second-order valence-corrected chi connectivity index (χ2v) is 2.72. The highest BCUT2D eigenvalue weighted by Crippen LogP contribution is 2.05. The third kappa shape index (κ3) is 1.74. The topological polar surface area (TPSA) is 6.48 Å². The van der Waals surface area contributed by atoms with E-state index in [0.717, 1.165) is 6.54 Å². The fraction of sp³-hybridized carbons (Fsp3) is 0.750. The Morgan fingerprint density at radius 2 is 2.30 bits per heavy atom. The van der Waals surface area contributed by atoms with Crippen LogP contribution in [0.1, 0.15) is 19.8 Å². The van der Waals surface area contributed by atoms with Crippen molar-refractivity contribution in [2.24, 2.45) is 0 Å². The fourth-order valence-corrected chi connectivity index (χ4v) is 1.13. The number of rotatable bonds is 3. The van der Waals surface area contributed by atoms with Gasteiger partial charge in [0.05, 0.1) is 0 Å². The van der Waals surface area contributed by atoms with Crippen molar-refractivity contribution in [1.82, 2.24) is 10.0 Å². The molecular weight excluding hydrogens is 124 g/mol. The van der Waals surface area contributed by atoms with Crippen LogP contribution in [0.2, 0.25) is 0 Å². The highest BCUT2D eigenvalue weighted by molar-refractivity contribution is 4.89. The van der Waals surface area contributed by atoms with Crippen molar-refractivity contribution >= 4 is 0 Å². The molecule has 0 aromatic carbocycles. The Kier molecular flexibility index (Phi) is 2.75. The number of nitrogens with zero attached hydrogens (tertiary/aromatic N) is 2. The molecule has 0 bridgehead atoms. The molecule has 58 valence electrons. The normalized spacial score (nSPS) is 18.8. The van der Waals surface area contributed by atoms with E-state index in [1.54, 1.807) is 0 Å². The average molecular weight is 140 g/mol. The first-order valence-electron chi connectivity index (χ1n) is 3.99. The Labute approximate surface area is 63.1 Å². The lowest BCUT2D eigenvalue weighted by Gasteiger charge is -2.24. The lowest BCUT2D eigenvalue weighted by atomic mass is 10.3. The summed E-state index contributed by atoms with van der Waals surface area (Å²) in [5.41, 5.74) is 0. The maximum Gasteiger partial charge on any atom is 0.0378 e. The van der Waals surface area contributed by atoms with Crippen LogP contribution in [0.5, 0.6) is 0 Å². The van der Waals surface area contributed by atoms with Crippen LogP contribution in [0, 0.1) is 0 Å². The van der Waals surface area contributed by atoms with Gasteiger partial charge in [0.25, 0.3) is 0 Å². The third-order valence-corrected chi connectivity index (χ3v) is 1.85. The summed E-state index contributed by atoms with van der Waals surface area (Å²) < 4.78 is 0. The van der Waals surface area contributed by atoms with Crippen LogP contribution < -0.4 is 0 Å². The first-order chi connectivity index (χ1) is 4.84. The van der Waals surface area contributed by atoms with E-state index in [2.05, 4.69) is 36.3 Å². The Balaban J connectivity index is 2.17. The smallest absolute Gasteiger partial charge is 0.0378 e. The van der Waals surface area contributed by atoms with E-state index in [-0.39, 0.29) is 0 Å². The van der Waals surface area contributed by atoms with Crippen LogP contribution in [0.15, 0.2) is 12.3 Å². The third-order valence-electron chi connectivity index (χ3n) is 1.85. The van der Waals surface area contributed by atoms with Crippen LogP contribution in [0.4, 0.5) is 0 Å². The Bertz CT molecular complexity index is 120. The lowest BCUT2D eigenvalue weighted by molar-refractivity contribution is 0.0786. The average Bonchev–Trinajstić information content (AvgIpc) is 2.31. The summed E-state index contributed by atoms with van der Waals surface area (Å²) in [5, 5.41) is 4.50. The SMILES string of the molecule is CCCCN1CC=CN1C. The van der Waals surface area contributed by atoms with Crippen molar-refractivity contribution in [3.05, 3.63) is 12.3 Å². The molecule has 0 N–H and O–H groups in total. The molecule has 0 aromatic rings. The van der Waals surface area contributed by atoms with Crippen LogP contribution in [0.25, 0.3) is 0 Å². The molecule has 1 aliphatic heterocycles. The van der Waals surface area contributed by atoms with Crippen molar-refractivity contribution < 1.29 is 0 Å².